The molecule has 1 aliphatic heterocycles. The third-order valence-corrected chi connectivity index (χ3v) is 4.47. The molecule has 0 radical (unpaired) electrons. The topological polar surface area (TPSA) is 79.5 Å². The van der Waals surface area contributed by atoms with Gasteiger partial charge in [-0.2, -0.15) is 0 Å². The van der Waals surface area contributed by atoms with Crippen molar-refractivity contribution in [2.45, 2.75) is 25.4 Å². The third-order valence-electron chi connectivity index (χ3n) is 3.62. The first-order chi connectivity index (χ1) is 9.50. The Morgan fingerprint density at radius 2 is 2.30 bits per heavy atom. The van der Waals surface area contributed by atoms with Crippen molar-refractivity contribution in [3.63, 3.8) is 0 Å². The molecule has 6 heteroatoms. The highest BCUT2D eigenvalue weighted by Crippen LogP contribution is 2.29. The number of rotatable bonds is 3. The number of aliphatic hydroxyl groups is 1. The van der Waals surface area contributed by atoms with Crippen LogP contribution in [0.4, 0.5) is 5.13 Å². The first kappa shape index (κ1) is 13.3. The number of carbonyl (C=O) groups is 1. The highest BCUT2D eigenvalue weighted by Gasteiger charge is 2.42. The van der Waals surface area contributed by atoms with Crippen molar-refractivity contribution in [1.82, 2.24) is 9.88 Å². The van der Waals surface area contributed by atoms with Crippen LogP contribution in [0.25, 0.3) is 10.2 Å². The predicted molar refractivity (Wildman–Crippen MR) is 79.8 cm³/mol. The zero-order chi connectivity index (χ0) is 14.3. The molecule has 0 spiro atoms. The van der Waals surface area contributed by atoms with Crippen LogP contribution in [0.5, 0.6) is 0 Å². The molecule has 1 fully saturated rings. The summed E-state index contributed by atoms with van der Waals surface area (Å²) in [5, 5.41) is 10.6. The van der Waals surface area contributed by atoms with Crippen molar-refractivity contribution < 1.29 is 9.90 Å². The summed E-state index contributed by atoms with van der Waals surface area (Å²) in [5.41, 5.74) is 6.41. The molecule has 5 nitrogen and oxygen atoms in total. The van der Waals surface area contributed by atoms with E-state index in [2.05, 4.69) is 4.98 Å². The zero-order valence-electron chi connectivity index (χ0n) is 11.3. The number of fused-ring (bicyclic) bond motifs is 1. The number of nitrogen functional groups attached to an aromatic ring is 1. The molecule has 0 bridgehead atoms. The lowest BCUT2D eigenvalue weighted by Crippen LogP contribution is -2.63. The summed E-state index contributed by atoms with van der Waals surface area (Å²) in [4.78, 5) is 18.2. The minimum Gasteiger partial charge on any atom is -0.386 e. The Morgan fingerprint density at radius 3 is 3.00 bits per heavy atom. The number of thiazole rings is 1. The molecule has 106 valence electrons. The van der Waals surface area contributed by atoms with E-state index in [0.29, 0.717) is 23.8 Å². The van der Waals surface area contributed by atoms with Crippen LogP contribution in [-0.4, -0.2) is 39.6 Å². The number of hydrogen-bond donors (Lipinski definition) is 2. The van der Waals surface area contributed by atoms with Crippen LogP contribution < -0.4 is 5.73 Å². The van der Waals surface area contributed by atoms with E-state index in [1.807, 2.05) is 19.1 Å². The number of nitrogens with zero attached hydrogens (tertiary/aromatic N) is 2. The number of hydrogen-bond acceptors (Lipinski definition) is 5. The van der Waals surface area contributed by atoms with Gasteiger partial charge in [-0.3, -0.25) is 4.79 Å². The number of β-amino-alcohol motifs (C(OH)–C–C–N with tert-alkyl or cyclic N) is 1. The smallest absolute Gasteiger partial charge is 0.254 e. The Bertz CT molecular complexity index is 661. The Morgan fingerprint density at radius 1 is 1.55 bits per heavy atom. The van der Waals surface area contributed by atoms with Crippen molar-refractivity contribution >= 4 is 32.6 Å². The zero-order valence-corrected chi connectivity index (χ0v) is 12.1. The van der Waals surface area contributed by atoms with E-state index in [4.69, 9.17) is 5.73 Å². The highest BCUT2D eigenvalue weighted by atomic mass is 32.1. The van der Waals surface area contributed by atoms with E-state index in [1.54, 1.807) is 11.0 Å². The van der Waals surface area contributed by atoms with E-state index in [1.165, 1.54) is 11.3 Å². The maximum atomic E-state index is 12.3. The van der Waals surface area contributed by atoms with E-state index in [9.17, 15) is 9.90 Å². The van der Waals surface area contributed by atoms with Crippen LogP contribution in [0.2, 0.25) is 0 Å². The third kappa shape index (κ3) is 2.25. The van der Waals surface area contributed by atoms with Gasteiger partial charge in [-0.1, -0.05) is 24.7 Å². The normalized spacial score (nSPS) is 17.2. The molecule has 3 rings (SSSR count). The number of aromatic nitrogens is 1. The van der Waals surface area contributed by atoms with Crippen molar-refractivity contribution in [3.8, 4) is 0 Å². The molecule has 1 aliphatic rings. The number of anilines is 1. The lowest BCUT2D eigenvalue weighted by atomic mass is 9.89. The molecule has 2 aromatic rings. The molecule has 2 heterocycles. The summed E-state index contributed by atoms with van der Waals surface area (Å²) in [6, 6.07) is 5.40. The minimum atomic E-state index is -0.691. The molecule has 1 aromatic heterocycles. The fourth-order valence-electron chi connectivity index (χ4n) is 2.69. The minimum absolute atomic E-state index is 0.0420. The monoisotopic (exact) mass is 291 g/mol. The fourth-order valence-corrected chi connectivity index (χ4v) is 3.46. The van der Waals surface area contributed by atoms with Crippen molar-refractivity contribution in [3.05, 3.63) is 23.8 Å². The molecule has 20 heavy (non-hydrogen) atoms. The van der Waals surface area contributed by atoms with Gasteiger partial charge in [0.05, 0.1) is 28.9 Å². The summed E-state index contributed by atoms with van der Waals surface area (Å²) < 4.78 is 0.915. The summed E-state index contributed by atoms with van der Waals surface area (Å²) in [5.74, 6) is -0.0420. The summed E-state index contributed by atoms with van der Waals surface area (Å²) in [6.07, 6.45) is 1.66. The van der Waals surface area contributed by atoms with Gasteiger partial charge in [0.15, 0.2) is 5.13 Å². The standard InChI is InChI=1S/C14H17N3O2S/c1-2-5-14(19)7-17(8-14)12(18)9-3-4-10-11(6-9)20-13(15)16-10/h3-4,6,19H,2,5,7-8H2,1H3,(H2,15,16). The number of likely N-dealkylation sites (tertiary alicyclic amines) is 1. The van der Waals surface area contributed by atoms with Crippen LogP contribution in [0.1, 0.15) is 30.1 Å². The van der Waals surface area contributed by atoms with Gasteiger partial charge in [-0.15, -0.1) is 0 Å². The van der Waals surface area contributed by atoms with E-state index in [-0.39, 0.29) is 5.91 Å². The lowest BCUT2D eigenvalue weighted by molar-refractivity contribution is -0.0860. The average molecular weight is 291 g/mol. The molecule has 1 saturated heterocycles. The van der Waals surface area contributed by atoms with Gasteiger partial charge in [0.1, 0.15) is 0 Å². The van der Waals surface area contributed by atoms with Gasteiger partial charge < -0.3 is 15.7 Å². The maximum Gasteiger partial charge on any atom is 0.254 e. The van der Waals surface area contributed by atoms with Crippen LogP contribution in [-0.2, 0) is 0 Å². The molecule has 3 N–H and O–H groups in total. The van der Waals surface area contributed by atoms with Gasteiger partial charge in [-0.05, 0) is 24.6 Å². The molecule has 0 unspecified atom stereocenters. The van der Waals surface area contributed by atoms with E-state index >= 15 is 0 Å². The molecule has 1 aromatic carbocycles. The second-order valence-corrected chi connectivity index (χ2v) is 6.43. The van der Waals surface area contributed by atoms with Gasteiger partial charge in [0.25, 0.3) is 5.91 Å². The average Bonchev–Trinajstić information content (AvgIpc) is 2.74. The molecule has 0 atom stereocenters. The second kappa shape index (κ2) is 4.71. The lowest BCUT2D eigenvalue weighted by Gasteiger charge is -2.46. The first-order valence-electron chi connectivity index (χ1n) is 6.68. The van der Waals surface area contributed by atoms with Gasteiger partial charge in [0.2, 0.25) is 0 Å². The van der Waals surface area contributed by atoms with Crippen LogP contribution in [0.3, 0.4) is 0 Å². The molecular weight excluding hydrogens is 274 g/mol. The maximum absolute atomic E-state index is 12.3. The highest BCUT2D eigenvalue weighted by molar-refractivity contribution is 7.22. The summed E-state index contributed by atoms with van der Waals surface area (Å²) in [6.45, 7) is 2.87. The number of amides is 1. The van der Waals surface area contributed by atoms with Crippen molar-refractivity contribution in [2.24, 2.45) is 0 Å². The Kier molecular flexibility index (Phi) is 3.14. The number of benzene rings is 1. The largest absolute Gasteiger partial charge is 0.386 e. The van der Waals surface area contributed by atoms with Crippen LogP contribution in [0.15, 0.2) is 18.2 Å². The predicted octanol–water partition coefficient (Wildman–Crippen LogP) is 1.87. The summed E-state index contributed by atoms with van der Waals surface area (Å²) >= 11 is 1.38. The second-order valence-electron chi connectivity index (χ2n) is 5.37. The molecular formula is C14H17N3O2S. The first-order valence-corrected chi connectivity index (χ1v) is 7.50. The number of nitrogens with two attached hydrogens (primary N) is 1. The van der Waals surface area contributed by atoms with E-state index in [0.717, 1.165) is 23.1 Å². The van der Waals surface area contributed by atoms with Crippen molar-refractivity contribution in [1.29, 1.82) is 0 Å². The molecule has 0 saturated carbocycles. The van der Waals surface area contributed by atoms with Gasteiger partial charge >= 0.3 is 0 Å². The molecule has 1 amide bonds. The Hall–Kier alpha value is -1.66. The van der Waals surface area contributed by atoms with Crippen LogP contribution >= 0.6 is 11.3 Å². The van der Waals surface area contributed by atoms with Crippen LogP contribution in [0, 0.1) is 0 Å². The quantitative estimate of drug-likeness (QED) is 0.904. The fraction of sp³-hybridized carbons (Fsp3) is 0.429. The van der Waals surface area contributed by atoms with Crippen molar-refractivity contribution in [2.75, 3.05) is 18.8 Å². The van der Waals surface area contributed by atoms with E-state index < -0.39 is 5.60 Å². The van der Waals surface area contributed by atoms with Gasteiger partial charge in [0, 0.05) is 5.56 Å². The summed E-state index contributed by atoms with van der Waals surface area (Å²) in [7, 11) is 0. The molecule has 0 aliphatic carbocycles. The Balaban J connectivity index is 1.77. The Labute approximate surface area is 121 Å². The number of carbonyl (C=O) groups excluding carboxylic acids is 1. The van der Waals surface area contributed by atoms with Gasteiger partial charge in [-0.25, -0.2) is 4.98 Å². The SMILES string of the molecule is CCCC1(O)CN(C(=O)c2ccc3nc(N)sc3c2)C1.